The summed E-state index contributed by atoms with van der Waals surface area (Å²) in [5.74, 6) is -7.14. The average molecular weight is 501 g/mol. The Bertz CT molecular complexity index is 1280. The number of nitrogens with two attached hydrogens (primary N) is 1. The summed E-state index contributed by atoms with van der Waals surface area (Å²) in [7, 11) is 0. The number of fused-ring (bicyclic) bond motifs is 3. The van der Waals surface area contributed by atoms with Crippen molar-refractivity contribution >= 4 is 35.0 Å². The number of hydrogen-bond donors (Lipinski definition) is 6. The molecule has 0 saturated heterocycles. The predicted molar refractivity (Wildman–Crippen MR) is 126 cm³/mol. The standard InChI is InChI=1S/C25H28N2O9/c1-4-36-24(34)27-14-8-12(9(2)3)13-6-10-5-11-7-15(28)18(23(26)33)22(32)25(11,35)21(31)16(10)20(30)17(13)19(14)29/h8-11,29-30,32,35H,4-7H2,1-3H3,(H2,26,33)(H,27,34)/t10-,11+,25+/m1/s1. The number of amides is 2. The zero-order valence-corrected chi connectivity index (χ0v) is 20.0. The maximum Gasteiger partial charge on any atom is 0.411 e. The molecule has 7 N–H and O–H groups in total. The Morgan fingerprint density at radius 1 is 1.22 bits per heavy atom. The van der Waals surface area contributed by atoms with Gasteiger partial charge in [0, 0.05) is 17.9 Å². The van der Waals surface area contributed by atoms with Gasteiger partial charge in [-0.3, -0.25) is 19.7 Å². The van der Waals surface area contributed by atoms with E-state index >= 15 is 0 Å². The number of aliphatic hydroxyl groups is 3. The van der Waals surface area contributed by atoms with E-state index in [1.807, 2.05) is 13.8 Å². The number of ketones is 2. The number of aromatic hydroxyl groups is 1. The molecule has 4 rings (SSSR count). The Morgan fingerprint density at radius 3 is 2.47 bits per heavy atom. The second-order valence-electron chi connectivity index (χ2n) is 9.62. The summed E-state index contributed by atoms with van der Waals surface area (Å²) >= 11 is 0. The van der Waals surface area contributed by atoms with Crippen LogP contribution >= 0.6 is 0 Å². The van der Waals surface area contributed by atoms with Crippen molar-refractivity contribution in [3.63, 3.8) is 0 Å². The molecule has 0 unspecified atom stereocenters. The summed E-state index contributed by atoms with van der Waals surface area (Å²) in [5.41, 5.74) is 2.61. The average Bonchev–Trinajstić information content (AvgIpc) is 2.77. The zero-order chi connectivity index (χ0) is 26.7. The van der Waals surface area contributed by atoms with E-state index in [2.05, 4.69) is 5.32 Å². The van der Waals surface area contributed by atoms with Crippen LogP contribution in [0.25, 0.3) is 5.76 Å². The van der Waals surface area contributed by atoms with E-state index in [1.54, 1.807) is 13.0 Å². The summed E-state index contributed by atoms with van der Waals surface area (Å²) in [6, 6.07) is 1.58. The molecule has 0 aliphatic heterocycles. The molecule has 0 bridgehead atoms. The molecular weight excluding hydrogens is 472 g/mol. The molecule has 3 atom stereocenters. The van der Waals surface area contributed by atoms with Crippen molar-refractivity contribution in [2.45, 2.75) is 51.6 Å². The number of nitrogens with one attached hydrogen (secondary N) is 1. The smallest absolute Gasteiger partial charge is 0.411 e. The minimum absolute atomic E-state index is 0.0385. The van der Waals surface area contributed by atoms with Gasteiger partial charge in [-0.25, -0.2) is 4.79 Å². The zero-order valence-electron chi connectivity index (χ0n) is 20.0. The van der Waals surface area contributed by atoms with Crippen LogP contribution in [0, 0.1) is 11.8 Å². The van der Waals surface area contributed by atoms with Gasteiger partial charge in [0.1, 0.15) is 22.8 Å². The highest BCUT2D eigenvalue weighted by atomic mass is 16.5. The van der Waals surface area contributed by atoms with Crippen LogP contribution in [0.15, 0.2) is 23.0 Å². The first-order chi connectivity index (χ1) is 16.8. The molecule has 1 fully saturated rings. The fourth-order valence-electron chi connectivity index (χ4n) is 5.61. The van der Waals surface area contributed by atoms with Crippen LogP contribution in [0.4, 0.5) is 10.5 Å². The van der Waals surface area contributed by atoms with Gasteiger partial charge in [0.05, 0.1) is 17.9 Å². The van der Waals surface area contributed by atoms with Crippen LogP contribution < -0.4 is 11.1 Å². The van der Waals surface area contributed by atoms with Gasteiger partial charge >= 0.3 is 6.09 Å². The number of primary amides is 1. The first kappa shape index (κ1) is 25.2. The summed E-state index contributed by atoms with van der Waals surface area (Å²) < 4.78 is 4.88. The second kappa shape index (κ2) is 8.66. The van der Waals surface area contributed by atoms with E-state index in [1.165, 1.54) is 0 Å². The summed E-state index contributed by atoms with van der Waals surface area (Å²) in [6.45, 7) is 5.47. The third-order valence-corrected chi connectivity index (χ3v) is 7.23. The molecule has 0 aromatic heterocycles. The van der Waals surface area contributed by atoms with Gasteiger partial charge in [0.15, 0.2) is 11.4 Å². The van der Waals surface area contributed by atoms with Crippen molar-refractivity contribution in [2.24, 2.45) is 17.6 Å². The van der Waals surface area contributed by atoms with Crippen molar-refractivity contribution in [3.05, 3.63) is 39.7 Å². The number of carbonyl (C=O) groups excluding carboxylic acids is 4. The quantitative estimate of drug-likeness (QED) is 0.265. The fraction of sp³-hybridized carbons (Fsp3) is 0.440. The van der Waals surface area contributed by atoms with Gasteiger partial charge in [-0.05, 0) is 48.8 Å². The van der Waals surface area contributed by atoms with Gasteiger partial charge in [-0.1, -0.05) is 13.8 Å². The second-order valence-corrected chi connectivity index (χ2v) is 9.62. The maximum absolute atomic E-state index is 13.6. The van der Waals surface area contributed by atoms with Crippen molar-refractivity contribution in [3.8, 4) is 5.75 Å². The van der Waals surface area contributed by atoms with E-state index in [4.69, 9.17) is 10.5 Å². The lowest BCUT2D eigenvalue weighted by Gasteiger charge is -2.46. The number of aliphatic hydroxyl groups excluding tert-OH is 2. The molecule has 0 spiro atoms. The molecule has 192 valence electrons. The van der Waals surface area contributed by atoms with Gasteiger partial charge in [0.2, 0.25) is 5.78 Å². The summed E-state index contributed by atoms with van der Waals surface area (Å²) in [6.07, 6.45) is -0.971. The number of Topliss-reactive ketones (excluding diaryl/α,β-unsaturated/α-hetero) is 2. The molecule has 0 heterocycles. The number of carbonyl (C=O) groups is 4. The van der Waals surface area contributed by atoms with Crippen LogP contribution in [0.5, 0.6) is 5.75 Å². The van der Waals surface area contributed by atoms with Crippen LogP contribution in [0.3, 0.4) is 0 Å². The molecular formula is C25H28N2O9. The number of phenols is 1. The highest BCUT2D eigenvalue weighted by Gasteiger charge is 2.60. The monoisotopic (exact) mass is 500 g/mol. The number of anilines is 1. The van der Waals surface area contributed by atoms with Crippen molar-refractivity contribution < 1.29 is 44.3 Å². The van der Waals surface area contributed by atoms with Gasteiger partial charge in [-0.15, -0.1) is 0 Å². The van der Waals surface area contributed by atoms with Gasteiger partial charge in [-0.2, -0.15) is 0 Å². The minimum atomic E-state index is -2.63. The van der Waals surface area contributed by atoms with Gasteiger partial charge in [0.25, 0.3) is 5.91 Å². The Morgan fingerprint density at radius 2 is 1.89 bits per heavy atom. The lowest BCUT2D eigenvalue weighted by molar-refractivity contribution is -0.147. The number of rotatable bonds is 4. The van der Waals surface area contributed by atoms with Crippen molar-refractivity contribution in [2.75, 3.05) is 11.9 Å². The number of phenolic OH excluding ortho intramolecular Hbond substituents is 1. The molecule has 1 saturated carbocycles. The lowest BCUT2D eigenvalue weighted by Crippen LogP contribution is -2.58. The third kappa shape index (κ3) is 3.53. The van der Waals surface area contributed by atoms with E-state index in [0.717, 1.165) is 0 Å². The molecule has 1 aromatic rings. The molecule has 1 aromatic carbocycles. The Hall–Kier alpha value is -3.86. The van der Waals surface area contributed by atoms with Crippen LogP contribution in [-0.2, 0) is 25.5 Å². The normalized spacial score (nSPS) is 25.4. The Kier molecular flexibility index (Phi) is 6.07. The highest BCUT2D eigenvalue weighted by Crippen LogP contribution is 2.53. The van der Waals surface area contributed by atoms with E-state index in [0.29, 0.717) is 11.1 Å². The minimum Gasteiger partial charge on any atom is -0.508 e. The lowest BCUT2D eigenvalue weighted by atomic mass is 9.59. The summed E-state index contributed by atoms with van der Waals surface area (Å²) in [5, 5.41) is 46.7. The van der Waals surface area contributed by atoms with E-state index in [-0.39, 0.29) is 48.6 Å². The SMILES string of the molecule is CCOC(=O)Nc1cc(C(C)C)c2c(c1O)C(O)=C1C(=O)[C@]3(O)C(O)=C(C(N)=O)C(=O)C[C@@H]3C[C@@H]1C2. The largest absolute Gasteiger partial charge is 0.508 e. The number of ether oxygens (including phenoxy) is 1. The molecule has 0 radical (unpaired) electrons. The first-order valence-electron chi connectivity index (χ1n) is 11.6. The first-order valence-corrected chi connectivity index (χ1v) is 11.6. The molecule has 3 aliphatic carbocycles. The van der Waals surface area contributed by atoms with Gasteiger partial charge < -0.3 is 30.9 Å². The fourth-order valence-corrected chi connectivity index (χ4v) is 5.61. The topological polar surface area (TPSA) is 196 Å². The van der Waals surface area contributed by atoms with Crippen molar-refractivity contribution in [1.82, 2.24) is 0 Å². The number of hydrogen-bond acceptors (Lipinski definition) is 9. The predicted octanol–water partition coefficient (Wildman–Crippen LogP) is 2.12. The van der Waals surface area contributed by atoms with Crippen molar-refractivity contribution in [1.29, 1.82) is 0 Å². The summed E-state index contributed by atoms with van der Waals surface area (Å²) in [4.78, 5) is 49.8. The van der Waals surface area contributed by atoms with Crippen LogP contribution in [-0.4, -0.2) is 56.2 Å². The van der Waals surface area contributed by atoms with E-state index in [9.17, 15) is 39.6 Å². The Balaban J connectivity index is 1.92. The highest BCUT2D eigenvalue weighted by molar-refractivity contribution is 6.22. The van der Waals surface area contributed by atoms with Crippen LogP contribution in [0.2, 0.25) is 0 Å². The molecule has 3 aliphatic rings. The van der Waals surface area contributed by atoms with Crippen LogP contribution in [0.1, 0.15) is 56.2 Å². The molecule has 2 amide bonds. The Labute approximate surface area is 206 Å². The third-order valence-electron chi connectivity index (χ3n) is 7.23. The molecule has 11 heteroatoms. The number of benzene rings is 1. The molecule has 36 heavy (non-hydrogen) atoms. The maximum atomic E-state index is 13.6. The van der Waals surface area contributed by atoms with E-state index < -0.39 is 63.8 Å². The molecule has 11 nitrogen and oxygen atoms in total.